The summed E-state index contributed by atoms with van der Waals surface area (Å²) in [6.45, 7) is 1.90. The Kier molecular flexibility index (Phi) is 6.03. The van der Waals surface area contributed by atoms with E-state index < -0.39 is 0 Å². The molecule has 0 amide bonds. The summed E-state index contributed by atoms with van der Waals surface area (Å²) < 4.78 is 19.4. The molecule has 1 aliphatic carbocycles. The van der Waals surface area contributed by atoms with Crippen LogP contribution in [0, 0.1) is 6.92 Å². The van der Waals surface area contributed by atoms with E-state index in [2.05, 4.69) is 20.3 Å². The maximum Gasteiger partial charge on any atom is 0.222 e. The van der Waals surface area contributed by atoms with E-state index >= 15 is 0 Å². The molecule has 3 aromatic rings. The molecule has 3 N–H and O–H groups in total. The first kappa shape index (κ1) is 20.9. The fraction of sp³-hybridized carbons (Fsp3) is 0.0833. The SMILES string of the molecule is Cc1c(Nc2cc(C3=CCC=C(F)C=C3)nc(N)n2)cccc1Oc1ccnc(C=O)c1. The molecule has 8 heteroatoms. The Hall–Kier alpha value is -4.33. The average Bonchev–Trinajstić information content (AvgIpc) is 3.01. The number of nitrogens with zero attached hydrogens (tertiary/aromatic N) is 3. The number of aromatic nitrogens is 3. The van der Waals surface area contributed by atoms with Crippen molar-refractivity contribution in [3.8, 4) is 11.5 Å². The summed E-state index contributed by atoms with van der Waals surface area (Å²) in [5.41, 5.74) is 9.14. The molecule has 1 aromatic carbocycles. The van der Waals surface area contributed by atoms with Crippen molar-refractivity contribution in [1.82, 2.24) is 15.0 Å². The van der Waals surface area contributed by atoms with Crippen molar-refractivity contribution in [2.45, 2.75) is 13.3 Å². The first-order valence-electron chi connectivity index (χ1n) is 9.86. The van der Waals surface area contributed by atoms with Gasteiger partial charge < -0.3 is 15.8 Å². The van der Waals surface area contributed by atoms with Crippen molar-refractivity contribution >= 4 is 29.3 Å². The zero-order chi connectivity index (χ0) is 22.5. The fourth-order valence-corrected chi connectivity index (χ4v) is 3.15. The van der Waals surface area contributed by atoms with Crippen LogP contribution in [0.2, 0.25) is 0 Å². The maximum absolute atomic E-state index is 13.5. The summed E-state index contributed by atoms with van der Waals surface area (Å²) in [5.74, 6) is 1.41. The molecule has 4 rings (SSSR count). The molecule has 32 heavy (non-hydrogen) atoms. The molecule has 0 atom stereocenters. The van der Waals surface area contributed by atoms with Gasteiger partial charge in [0.25, 0.3) is 0 Å². The van der Waals surface area contributed by atoms with E-state index in [4.69, 9.17) is 10.5 Å². The number of pyridine rings is 1. The van der Waals surface area contributed by atoms with E-state index in [1.165, 1.54) is 18.3 Å². The van der Waals surface area contributed by atoms with Gasteiger partial charge in [0, 0.05) is 29.6 Å². The normalized spacial score (nSPS) is 13.1. The number of carbonyl (C=O) groups is 1. The number of ether oxygens (including phenoxy) is 1. The van der Waals surface area contributed by atoms with E-state index in [0.29, 0.717) is 35.7 Å². The van der Waals surface area contributed by atoms with Crippen LogP contribution >= 0.6 is 0 Å². The molecule has 0 bridgehead atoms. The van der Waals surface area contributed by atoms with Gasteiger partial charge in [-0.25, -0.2) is 9.37 Å². The number of hydrogen-bond donors (Lipinski definition) is 2. The Morgan fingerprint density at radius 3 is 2.88 bits per heavy atom. The van der Waals surface area contributed by atoms with E-state index in [1.807, 2.05) is 31.2 Å². The van der Waals surface area contributed by atoms with Crippen molar-refractivity contribution in [3.63, 3.8) is 0 Å². The van der Waals surface area contributed by atoms with E-state index in [9.17, 15) is 9.18 Å². The predicted molar refractivity (Wildman–Crippen MR) is 122 cm³/mol. The molecule has 1 aliphatic rings. The lowest BCUT2D eigenvalue weighted by atomic mass is 10.1. The van der Waals surface area contributed by atoms with Gasteiger partial charge in [-0.1, -0.05) is 18.2 Å². The highest BCUT2D eigenvalue weighted by atomic mass is 19.1. The highest BCUT2D eigenvalue weighted by Crippen LogP contribution is 2.32. The summed E-state index contributed by atoms with van der Waals surface area (Å²) in [5, 5.41) is 3.25. The molecule has 160 valence electrons. The van der Waals surface area contributed by atoms with Gasteiger partial charge in [0.05, 0.1) is 5.69 Å². The van der Waals surface area contributed by atoms with Gasteiger partial charge in [0.2, 0.25) is 5.95 Å². The van der Waals surface area contributed by atoms with Crippen LogP contribution in [0.25, 0.3) is 5.57 Å². The van der Waals surface area contributed by atoms with Crippen LogP contribution in [0.4, 0.5) is 21.8 Å². The molecule has 0 unspecified atom stereocenters. The number of allylic oxidation sites excluding steroid dienone is 6. The second-order valence-corrected chi connectivity index (χ2v) is 7.00. The summed E-state index contributed by atoms with van der Waals surface area (Å²) in [6.07, 6.45) is 9.05. The number of aldehydes is 1. The van der Waals surface area contributed by atoms with Gasteiger partial charge in [0.1, 0.15) is 28.8 Å². The topological polar surface area (TPSA) is 103 Å². The number of halogens is 1. The summed E-state index contributed by atoms with van der Waals surface area (Å²) in [4.78, 5) is 23.4. The van der Waals surface area contributed by atoms with Crippen LogP contribution in [-0.4, -0.2) is 21.2 Å². The quantitative estimate of drug-likeness (QED) is 0.512. The lowest BCUT2D eigenvalue weighted by molar-refractivity contribution is 0.111. The van der Waals surface area contributed by atoms with E-state index in [1.54, 1.807) is 24.3 Å². The number of nitrogens with two attached hydrogens (primary N) is 1. The first-order chi connectivity index (χ1) is 15.5. The first-order valence-corrected chi connectivity index (χ1v) is 9.86. The second kappa shape index (κ2) is 9.22. The number of anilines is 3. The summed E-state index contributed by atoms with van der Waals surface area (Å²) in [6, 6.07) is 10.5. The van der Waals surface area contributed by atoms with Gasteiger partial charge in [-0.15, -0.1) is 0 Å². The number of rotatable bonds is 6. The van der Waals surface area contributed by atoms with Gasteiger partial charge in [-0.05, 0) is 49.3 Å². The minimum absolute atomic E-state index is 0.0974. The third-order valence-electron chi connectivity index (χ3n) is 4.76. The summed E-state index contributed by atoms with van der Waals surface area (Å²) >= 11 is 0. The minimum Gasteiger partial charge on any atom is -0.457 e. The van der Waals surface area contributed by atoms with Crippen molar-refractivity contribution in [2.24, 2.45) is 0 Å². The van der Waals surface area contributed by atoms with Crippen LogP contribution in [0.3, 0.4) is 0 Å². The maximum atomic E-state index is 13.5. The molecule has 0 saturated carbocycles. The Morgan fingerprint density at radius 2 is 2.03 bits per heavy atom. The third kappa shape index (κ3) is 4.86. The van der Waals surface area contributed by atoms with Crippen molar-refractivity contribution in [1.29, 1.82) is 0 Å². The Balaban J connectivity index is 1.60. The van der Waals surface area contributed by atoms with Gasteiger partial charge in [0.15, 0.2) is 6.29 Å². The standard InChI is InChI=1S/C24H20FN5O2/c1-15-20(6-3-7-22(15)32-19-10-11-27-18(12-19)14-31)28-23-13-21(29-24(26)30-23)16-4-2-5-17(25)9-8-16/h3-14H,2H2,1H3,(H3,26,28,29,30). The molecular formula is C24H20FN5O2. The molecule has 0 fully saturated rings. The van der Waals surface area contributed by atoms with Crippen molar-refractivity contribution in [2.75, 3.05) is 11.1 Å². The van der Waals surface area contributed by atoms with Crippen molar-refractivity contribution in [3.05, 3.63) is 89.7 Å². The average molecular weight is 429 g/mol. The number of nitrogens with one attached hydrogen (secondary N) is 1. The summed E-state index contributed by atoms with van der Waals surface area (Å²) in [7, 11) is 0. The highest BCUT2D eigenvalue weighted by Gasteiger charge is 2.11. The van der Waals surface area contributed by atoms with Crippen LogP contribution < -0.4 is 15.8 Å². The Labute approximate surface area is 184 Å². The number of carbonyl (C=O) groups excluding carboxylic acids is 1. The number of nitrogen functional groups attached to an aromatic ring is 1. The molecule has 0 aliphatic heterocycles. The molecule has 7 nitrogen and oxygen atoms in total. The fourth-order valence-electron chi connectivity index (χ4n) is 3.15. The molecule has 0 spiro atoms. The zero-order valence-corrected chi connectivity index (χ0v) is 17.2. The van der Waals surface area contributed by atoms with E-state index in [0.717, 1.165) is 16.8 Å². The van der Waals surface area contributed by atoms with Crippen molar-refractivity contribution < 1.29 is 13.9 Å². The second-order valence-electron chi connectivity index (χ2n) is 7.00. The lowest BCUT2D eigenvalue weighted by Crippen LogP contribution is -2.04. The smallest absolute Gasteiger partial charge is 0.222 e. The third-order valence-corrected chi connectivity index (χ3v) is 4.76. The molecule has 2 heterocycles. The van der Waals surface area contributed by atoms with Crippen LogP contribution in [0.15, 0.2) is 72.7 Å². The highest BCUT2D eigenvalue weighted by molar-refractivity contribution is 5.76. The molecular weight excluding hydrogens is 409 g/mol. The zero-order valence-electron chi connectivity index (χ0n) is 17.2. The predicted octanol–water partition coefficient (Wildman–Crippen LogP) is 5.31. The molecule has 0 radical (unpaired) electrons. The number of hydrogen-bond acceptors (Lipinski definition) is 7. The molecule has 2 aromatic heterocycles. The monoisotopic (exact) mass is 429 g/mol. The minimum atomic E-state index is -0.293. The molecule has 0 saturated heterocycles. The van der Waals surface area contributed by atoms with Crippen LogP contribution in [0.5, 0.6) is 11.5 Å². The lowest BCUT2D eigenvalue weighted by Gasteiger charge is -2.14. The Morgan fingerprint density at radius 1 is 1.16 bits per heavy atom. The number of benzene rings is 1. The Bertz CT molecular complexity index is 1270. The largest absolute Gasteiger partial charge is 0.457 e. The van der Waals surface area contributed by atoms with E-state index in [-0.39, 0.29) is 17.5 Å². The van der Waals surface area contributed by atoms with Crippen LogP contribution in [-0.2, 0) is 0 Å². The van der Waals surface area contributed by atoms with Gasteiger partial charge in [-0.3, -0.25) is 9.78 Å². The van der Waals surface area contributed by atoms with Gasteiger partial charge in [-0.2, -0.15) is 4.98 Å². The van der Waals surface area contributed by atoms with Crippen LogP contribution in [0.1, 0.15) is 28.2 Å². The van der Waals surface area contributed by atoms with Gasteiger partial charge >= 0.3 is 0 Å².